The number of carbonyl (C=O) groups excluding carboxylic acids is 1. The van der Waals surface area contributed by atoms with E-state index in [1.165, 1.54) is 10.9 Å². The van der Waals surface area contributed by atoms with Crippen molar-refractivity contribution in [2.45, 2.75) is 0 Å². The first kappa shape index (κ1) is 11.6. The summed E-state index contributed by atoms with van der Waals surface area (Å²) in [7, 11) is 1.70. The van der Waals surface area contributed by atoms with E-state index in [2.05, 4.69) is 27.7 Å². The van der Waals surface area contributed by atoms with Crippen molar-refractivity contribution in [2.24, 2.45) is 7.05 Å². The van der Waals surface area contributed by atoms with Gasteiger partial charge >= 0.3 is 0 Å². The van der Waals surface area contributed by atoms with Crippen LogP contribution in [-0.4, -0.2) is 15.6 Å². The Bertz CT molecular complexity index is 531. The van der Waals surface area contributed by atoms with E-state index in [0.29, 0.717) is 16.3 Å². The Kier molecular flexibility index (Phi) is 3.30. The molecule has 2 aromatic rings. The molecule has 16 heavy (non-hydrogen) atoms. The van der Waals surface area contributed by atoms with Crippen molar-refractivity contribution >= 4 is 40.0 Å². The van der Waals surface area contributed by atoms with Crippen molar-refractivity contribution in [2.75, 3.05) is 0 Å². The maximum absolute atomic E-state index is 12.2. The molecule has 5 heteroatoms. The number of carbonyl (C=O) groups is 1. The van der Waals surface area contributed by atoms with Gasteiger partial charge in [-0.15, -0.1) is 0 Å². The van der Waals surface area contributed by atoms with Gasteiger partial charge in [0.2, 0.25) is 5.78 Å². The van der Waals surface area contributed by atoms with Gasteiger partial charge in [-0.2, -0.15) is 5.10 Å². The SMILES string of the molecule is Cn1ncc(Cl)c1C(=O)c1ccccc1I. The maximum atomic E-state index is 12.2. The first-order valence-electron chi connectivity index (χ1n) is 4.58. The fourth-order valence-electron chi connectivity index (χ4n) is 1.44. The topological polar surface area (TPSA) is 34.9 Å². The van der Waals surface area contributed by atoms with E-state index in [9.17, 15) is 4.79 Å². The van der Waals surface area contributed by atoms with E-state index in [1.807, 2.05) is 18.2 Å². The normalized spacial score (nSPS) is 10.4. The Balaban J connectivity index is 2.52. The van der Waals surface area contributed by atoms with Crippen LogP contribution in [0, 0.1) is 3.57 Å². The highest BCUT2D eigenvalue weighted by Gasteiger charge is 2.19. The molecule has 0 saturated carbocycles. The average Bonchev–Trinajstić information content (AvgIpc) is 2.58. The van der Waals surface area contributed by atoms with Crippen LogP contribution in [0.2, 0.25) is 5.02 Å². The summed E-state index contributed by atoms with van der Waals surface area (Å²) in [5, 5.41) is 4.34. The summed E-state index contributed by atoms with van der Waals surface area (Å²) in [6.07, 6.45) is 1.48. The Morgan fingerprint density at radius 1 is 1.44 bits per heavy atom. The first-order chi connectivity index (χ1) is 7.61. The highest BCUT2D eigenvalue weighted by molar-refractivity contribution is 14.1. The molecule has 0 atom stereocenters. The van der Waals surface area contributed by atoms with Gasteiger partial charge in [-0.3, -0.25) is 9.48 Å². The second-order valence-electron chi connectivity index (χ2n) is 3.27. The van der Waals surface area contributed by atoms with Crippen LogP contribution in [0.15, 0.2) is 30.5 Å². The van der Waals surface area contributed by atoms with Crippen molar-refractivity contribution in [3.05, 3.63) is 50.3 Å². The largest absolute Gasteiger partial charge is 0.287 e. The Labute approximate surface area is 112 Å². The van der Waals surface area contributed by atoms with Crippen LogP contribution in [0.5, 0.6) is 0 Å². The predicted molar refractivity (Wildman–Crippen MR) is 70.8 cm³/mol. The standard InChI is InChI=1S/C11H8ClIN2O/c1-15-10(8(12)6-14-15)11(16)7-4-2-3-5-9(7)13/h2-6H,1H3. The molecule has 0 radical (unpaired) electrons. The van der Waals surface area contributed by atoms with Crippen molar-refractivity contribution in [3.8, 4) is 0 Å². The van der Waals surface area contributed by atoms with Gasteiger partial charge in [0.15, 0.2) is 0 Å². The van der Waals surface area contributed by atoms with Gasteiger partial charge in [-0.05, 0) is 34.7 Å². The molecular weight excluding hydrogens is 338 g/mol. The van der Waals surface area contributed by atoms with Crippen LogP contribution in [0.25, 0.3) is 0 Å². The predicted octanol–water partition coefficient (Wildman–Crippen LogP) is 2.91. The zero-order valence-electron chi connectivity index (χ0n) is 8.45. The van der Waals surface area contributed by atoms with Crippen LogP contribution < -0.4 is 0 Å². The molecule has 0 bridgehead atoms. The van der Waals surface area contributed by atoms with Gasteiger partial charge < -0.3 is 0 Å². The third kappa shape index (κ3) is 1.99. The number of rotatable bonds is 2. The summed E-state index contributed by atoms with van der Waals surface area (Å²) in [6, 6.07) is 7.40. The summed E-state index contributed by atoms with van der Waals surface area (Å²) in [5.74, 6) is -0.102. The molecule has 0 aliphatic heterocycles. The molecule has 1 aromatic carbocycles. The van der Waals surface area contributed by atoms with Crippen LogP contribution in [0.1, 0.15) is 16.1 Å². The van der Waals surface area contributed by atoms with E-state index < -0.39 is 0 Å². The fourth-order valence-corrected chi connectivity index (χ4v) is 2.32. The molecule has 0 fully saturated rings. The van der Waals surface area contributed by atoms with Crippen LogP contribution in [0.3, 0.4) is 0 Å². The van der Waals surface area contributed by atoms with E-state index in [1.54, 1.807) is 13.1 Å². The van der Waals surface area contributed by atoms with Crippen molar-refractivity contribution in [3.63, 3.8) is 0 Å². The quantitative estimate of drug-likeness (QED) is 0.619. The lowest BCUT2D eigenvalue weighted by Crippen LogP contribution is -2.10. The third-order valence-corrected chi connectivity index (χ3v) is 3.44. The van der Waals surface area contributed by atoms with E-state index >= 15 is 0 Å². The highest BCUT2D eigenvalue weighted by Crippen LogP contribution is 2.21. The summed E-state index contributed by atoms with van der Waals surface area (Å²) in [5.41, 5.74) is 1.07. The minimum atomic E-state index is -0.102. The number of ketones is 1. The first-order valence-corrected chi connectivity index (χ1v) is 6.03. The summed E-state index contributed by atoms with van der Waals surface area (Å²) >= 11 is 8.07. The molecule has 0 aliphatic rings. The number of hydrogen-bond acceptors (Lipinski definition) is 2. The molecule has 0 amide bonds. The zero-order valence-corrected chi connectivity index (χ0v) is 11.4. The Hall–Kier alpha value is -0.880. The van der Waals surface area contributed by atoms with Crippen LogP contribution in [0.4, 0.5) is 0 Å². The van der Waals surface area contributed by atoms with Crippen LogP contribution >= 0.6 is 34.2 Å². The minimum Gasteiger partial charge on any atom is -0.287 e. The lowest BCUT2D eigenvalue weighted by molar-refractivity contribution is 0.102. The van der Waals surface area contributed by atoms with Crippen molar-refractivity contribution < 1.29 is 4.79 Å². The number of aryl methyl sites for hydroxylation is 1. The smallest absolute Gasteiger partial charge is 0.213 e. The second kappa shape index (κ2) is 4.55. The maximum Gasteiger partial charge on any atom is 0.213 e. The van der Waals surface area contributed by atoms with E-state index in [4.69, 9.17) is 11.6 Å². The molecule has 1 heterocycles. The third-order valence-electron chi connectivity index (χ3n) is 2.23. The lowest BCUT2D eigenvalue weighted by atomic mass is 10.1. The summed E-state index contributed by atoms with van der Waals surface area (Å²) < 4.78 is 2.40. The molecule has 1 aromatic heterocycles. The summed E-state index contributed by atoms with van der Waals surface area (Å²) in [4.78, 5) is 12.2. The number of nitrogens with zero attached hydrogens (tertiary/aromatic N) is 2. The molecule has 82 valence electrons. The molecule has 0 unspecified atom stereocenters. The molecule has 0 saturated heterocycles. The number of aromatic nitrogens is 2. The minimum absolute atomic E-state index is 0.102. The molecule has 0 N–H and O–H groups in total. The Morgan fingerprint density at radius 3 is 2.69 bits per heavy atom. The molecule has 0 aliphatic carbocycles. The molecule has 2 rings (SSSR count). The average molecular weight is 347 g/mol. The highest BCUT2D eigenvalue weighted by atomic mass is 127. The summed E-state index contributed by atoms with van der Waals surface area (Å²) in [6.45, 7) is 0. The van der Waals surface area contributed by atoms with Crippen LogP contribution in [-0.2, 0) is 7.05 Å². The number of hydrogen-bond donors (Lipinski definition) is 0. The van der Waals surface area contributed by atoms with Gasteiger partial charge in [0.1, 0.15) is 5.69 Å². The van der Waals surface area contributed by atoms with Gasteiger partial charge in [-0.1, -0.05) is 23.7 Å². The van der Waals surface area contributed by atoms with Gasteiger partial charge in [0, 0.05) is 16.2 Å². The van der Waals surface area contributed by atoms with Gasteiger partial charge in [0.25, 0.3) is 0 Å². The van der Waals surface area contributed by atoms with Crippen molar-refractivity contribution in [1.82, 2.24) is 9.78 Å². The van der Waals surface area contributed by atoms with E-state index in [0.717, 1.165) is 3.57 Å². The molecular formula is C11H8ClIN2O. The second-order valence-corrected chi connectivity index (χ2v) is 4.84. The fraction of sp³-hybridized carbons (Fsp3) is 0.0909. The van der Waals surface area contributed by atoms with Gasteiger partial charge in [0.05, 0.1) is 11.2 Å². The molecule has 0 spiro atoms. The molecule has 3 nitrogen and oxygen atoms in total. The van der Waals surface area contributed by atoms with Gasteiger partial charge in [-0.25, -0.2) is 0 Å². The zero-order chi connectivity index (χ0) is 11.7. The van der Waals surface area contributed by atoms with E-state index in [-0.39, 0.29) is 5.78 Å². The Morgan fingerprint density at radius 2 is 2.12 bits per heavy atom. The van der Waals surface area contributed by atoms with Crippen molar-refractivity contribution in [1.29, 1.82) is 0 Å². The lowest BCUT2D eigenvalue weighted by Gasteiger charge is -2.04. The number of halogens is 2. The number of benzene rings is 1. The monoisotopic (exact) mass is 346 g/mol.